The average molecular weight is 282 g/mol. The summed E-state index contributed by atoms with van der Waals surface area (Å²) in [7, 11) is 2.02. The number of pyridine rings is 1. The molecule has 0 radical (unpaired) electrons. The normalized spacial score (nSPS) is 12.3. The van der Waals surface area contributed by atoms with Crippen LogP contribution in [0.1, 0.15) is 41.6 Å². The van der Waals surface area contributed by atoms with E-state index in [2.05, 4.69) is 54.5 Å². The summed E-state index contributed by atoms with van der Waals surface area (Å²) in [5.74, 6) is 0.425. The maximum absolute atomic E-state index is 4.63. The standard InChI is InChI=1S/C19H26N2/c1-4-8-16-10-5-6-11-17(16)13-18(14-20-3)19-15(2)9-7-12-21-19/h5-7,9-12,18,20H,4,8,13-14H2,1-3H3. The van der Waals surface area contributed by atoms with Crippen LogP contribution in [0.2, 0.25) is 0 Å². The number of nitrogens with one attached hydrogen (secondary N) is 1. The summed E-state index contributed by atoms with van der Waals surface area (Å²) >= 11 is 0. The summed E-state index contributed by atoms with van der Waals surface area (Å²) in [5, 5.41) is 3.33. The second-order valence-electron chi connectivity index (χ2n) is 5.68. The third-order valence-corrected chi connectivity index (χ3v) is 3.99. The van der Waals surface area contributed by atoms with Gasteiger partial charge >= 0.3 is 0 Å². The van der Waals surface area contributed by atoms with Gasteiger partial charge in [0.1, 0.15) is 0 Å². The quantitative estimate of drug-likeness (QED) is 0.833. The van der Waals surface area contributed by atoms with Gasteiger partial charge in [-0.1, -0.05) is 43.7 Å². The van der Waals surface area contributed by atoms with Gasteiger partial charge in [0.25, 0.3) is 0 Å². The van der Waals surface area contributed by atoms with Crippen molar-refractivity contribution in [2.45, 2.75) is 39.0 Å². The van der Waals surface area contributed by atoms with E-state index in [0.717, 1.165) is 19.4 Å². The topological polar surface area (TPSA) is 24.9 Å². The molecule has 0 amide bonds. The van der Waals surface area contributed by atoms with Crippen LogP contribution in [0.15, 0.2) is 42.6 Å². The predicted octanol–water partition coefficient (Wildman–Crippen LogP) is 3.89. The van der Waals surface area contributed by atoms with Crippen LogP contribution in [-0.4, -0.2) is 18.6 Å². The maximum Gasteiger partial charge on any atom is 0.0479 e. The van der Waals surface area contributed by atoms with Gasteiger partial charge in [-0.05, 0) is 49.6 Å². The highest BCUT2D eigenvalue weighted by atomic mass is 14.8. The fraction of sp³-hybridized carbons (Fsp3) is 0.421. The molecule has 0 fully saturated rings. The van der Waals surface area contributed by atoms with E-state index in [4.69, 9.17) is 0 Å². The minimum absolute atomic E-state index is 0.425. The van der Waals surface area contributed by atoms with Crippen LogP contribution < -0.4 is 5.32 Å². The lowest BCUT2D eigenvalue weighted by Crippen LogP contribution is -2.21. The lowest BCUT2D eigenvalue weighted by molar-refractivity contribution is 0.604. The highest BCUT2D eigenvalue weighted by Crippen LogP contribution is 2.24. The largest absolute Gasteiger partial charge is 0.319 e. The molecule has 1 N–H and O–H groups in total. The molecule has 0 aliphatic heterocycles. The minimum atomic E-state index is 0.425. The number of hydrogen-bond acceptors (Lipinski definition) is 2. The number of hydrogen-bond donors (Lipinski definition) is 1. The van der Waals surface area contributed by atoms with Gasteiger partial charge in [0.2, 0.25) is 0 Å². The molecule has 2 rings (SSSR count). The van der Waals surface area contributed by atoms with Crippen LogP contribution >= 0.6 is 0 Å². The van der Waals surface area contributed by atoms with Crippen LogP contribution in [0.25, 0.3) is 0 Å². The van der Waals surface area contributed by atoms with Gasteiger partial charge in [0.05, 0.1) is 0 Å². The lowest BCUT2D eigenvalue weighted by Gasteiger charge is -2.20. The van der Waals surface area contributed by atoms with E-state index in [1.54, 1.807) is 0 Å². The van der Waals surface area contributed by atoms with Gasteiger partial charge in [0.15, 0.2) is 0 Å². The Morgan fingerprint density at radius 2 is 1.86 bits per heavy atom. The molecule has 1 atom stereocenters. The third-order valence-electron chi connectivity index (χ3n) is 3.99. The van der Waals surface area contributed by atoms with Crippen LogP contribution in [0.4, 0.5) is 0 Å². The average Bonchev–Trinajstić information content (AvgIpc) is 2.49. The van der Waals surface area contributed by atoms with Crippen LogP contribution in [-0.2, 0) is 12.8 Å². The van der Waals surface area contributed by atoms with E-state index in [0.29, 0.717) is 5.92 Å². The minimum Gasteiger partial charge on any atom is -0.319 e. The lowest BCUT2D eigenvalue weighted by atomic mass is 9.90. The van der Waals surface area contributed by atoms with Crippen molar-refractivity contribution < 1.29 is 0 Å². The van der Waals surface area contributed by atoms with E-state index in [1.807, 2.05) is 19.3 Å². The van der Waals surface area contributed by atoms with E-state index >= 15 is 0 Å². The van der Waals surface area contributed by atoms with E-state index in [9.17, 15) is 0 Å². The molecule has 21 heavy (non-hydrogen) atoms. The van der Waals surface area contributed by atoms with Crippen molar-refractivity contribution >= 4 is 0 Å². The summed E-state index contributed by atoms with van der Waals surface area (Å²) < 4.78 is 0. The Kier molecular flexibility index (Phi) is 5.94. The number of aryl methyl sites for hydroxylation is 2. The van der Waals surface area contributed by atoms with E-state index in [-0.39, 0.29) is 0 Å². The molecule has 0 saturated carbocycles. The molecule has 0 aliphatic rings. The van der Waals surface area contributed by atoms with Gasteiger partial charge in [-0.25, -0.2) is 0 Å². The van der Waals surface area contributed by atoms with Crippen molar-refractivity contribution in [3.8, 4) is 0 Å². The van der Waals surface area contributed by atoms with Crippen molar-refractivity contribution in [2.75, 3.05) is 13.6 Å². The van der Waals surface area contributed by atoms with Crippen LogP contribution in [0, 0.1) is 6.92 Å². The number of nitrogens with zero attached hydrogens (tertiary/aromatic N) is 1. The monoisotopic (exact) mass is 282 g/mol. The zero-order valence-corrected chi connectivity index (χ0v) is 13.4. The van der Waals surface area contributed by atoms with Gasteiger partial charge < -0.3 is 5.32 Å². The molecule has 2 nitrogen and oxygen atoms in total. The molecular formula is C19H26N2. The Labute approximate surface area is 128 Å². The molecule has 0 saturated heterocycles. The first-order valence-corrected chi connectivity index (χ1v) is 7.89. The summed E-state index contributed by atoms with van der Waals surface area (Å²) in [6.07, 6.45) is 5.30. The smallest absolute Gasteiger partial charge is 0.0479 e. The predicted molar refractivity (Wildman–Crippen MR) is 89.8 cm³/mol. The van der Waals surface area contributed by atoms with Crippen LogP contribution in [0.3, 0.4) is 0 Å². The highest BCUT2D eigenvalue weighted by Gasteiger charge is 2.16. The molecule has 1 aromatic heterocycles. The number of aromatic nitrogens is 1. The van der Waals surface area contributed by atoms with Crippen LogP contribution in [0.5, 0.6) is 0 Å². The Morgan fingerprint density at radius 3 is 2.52 bits per heavy atom. The molecule has 112 valence electrons. The highest BCUT2D eigenvalue weighted by molar-refractivity contribution is 5.31. The van der Waals surface area contributed by atoms with Gasteiger partial charge in [-0.3, -0.25) is 4.98 Å². The Bertz CT molecular complexity index is 563. The first-order chi connectivity index (χ1) is 10.3. The summed E-state index contributed by atoms with van der Waals surface area (Å²) in [4.78, 5) is 4.63. The van der Waals surface area contributed by atoms with Gasteiger partial charge in [0, 0.05) is 24.4 Å². The molecular weight excluding hydrogens is 256 g/mol. The molecule has 1 aromatic carbocycles. The maximum atomic E-state index is 4.63. The van der Waals surface area contributed by atoms with Crippen molar-refractivity contribution in [3.05, 3.63) is 65.0 Å². The number of likely N-dealkylation sites (N-methyl/N-ethyl adjacent to an activating group) is 1. The molecule has 0 spiro atoms. The zero-order chi connectivity index (χ0) is 15.1. The third kappa shape index (κ3) is 4.15. The van der Waals surface area contributed by atoms with Crippen molar-refractivity contribution in [1.29, 1.82) is 0 Å². The second-order valence-corrected chi connectivity index (χ2v) is 5.68. The Hall–Kier alpha value is -1.67. The van der Waals surface area contributed by atoms with Gasteiger partial charge in [-0.15, -0.1) is 0 Å². The van der Waals surface area contributed by atoms with E-state index in [1.165, 1.54) is 28.8 Å². The Morgan fingerprint density at radius 1 is 1.10 bits per heavy atom. The zero-order valence-electron chi connectivity index (χ0n) is 13.4. The molecule has 1 unspecified atom stereocenters. The fourth-order valence-electron chi connectivity index (χ4n) is 2.97. The number of benzene rings is 1. The van der Waals surface area contributed by atoms with Gasteiger partial charge in [-0.2, -0.15) is 0 Å². The molecule has 0 aliphatic carbocycles. The van der Waals surface area contributed by atoms with Crippen molar-refractivity contribution in [3.63, 3.8) is 0 Å². The summed E-state index contributed by atoms with van der Waals surface area (Å²) in [6, 6.07) is 13.0. The molecule has 2 heteroatoms. The first kappa shape index (κ1) is 15.7. The first-order valence-electron chi connectivity index (χ1n) is 7.89. The second kappa shape index (κ2) is 7.94. The molecule has 2 aromatic rings. The fourth-order valence-corrected chi connectivity index (χ4v) is 2.97. The summed E-state index contributed by atoms with van der Waals surface area (Å²) in [6.45, 7) is 5.35. The SMILES string of the molecule is CCCc1ccccc1CC(CNC)c1ncccc1C. The van der Waals surface area contributed by atoms with Crippen molar-refractivity contribution in [1.82, 2.24) is 10.3 Å². The summed E-state index contributed by atoms with van der Waals surface area (Å²) in [5.41, 5.74) is 5.45. The number of rotatable bonds is 7. The van der Waals surface area contributed by atoms with E-state index < -0.39 is 0 Å². The molecule has 0 bridgehead atoms. The van der Waals surface area contributed by atoms with Crippen molar-refractivity contribution in [2.24, 2.45) is 0 Å². The Balaban J connectivity index is 2.27. The molecule has 1 heterocycles.